The van der Waals surface area contributed by atoms with Crippen LogP contribution in [0, 0.1) is 5.82 Å². The lowest BCUT2D eigenvalue weighted by atomic mass is 10.1. The fourth-order valence-electron chi connectivity index (χ4n) is 3.78. The minimum absolute atomic E-state index is 0.0754. The largest absolute Gasteiger partial charge is 0.497 e. The fraction of sp³-hybridized carbons (Fsp3) is 0.286. The van der Waals surface area contributed by atoms with Crippen molar-refractivity contribution in [2.45, 2.75) is 37.8 Å². The van der Waals surface area contributed by atoms with Crippen molar-refractivity contribution in [3.63, 3.8) is 0 Å². The van der Waals surface area contributed by atoms with E-state index in [1.807, 2.05) is 31.2 Å². The molecule has 1 atom stereocenters. The lowest BCUT2D eigenvalue weighted by Gasteiger charge is -2.32. The molecule has 0 heterocycles. The summed E-state index contributed by atoms with van der Waals surface area (Å²) in [5.41, 5.74) is 0.861. The van der Waals surface area contributed by atoms with Crippen molar-refractivity contribution in [3.8, 4) is 5.75 Å². The van der Waals surface area contributed by atoms with Gasteiger partial charge in [-0.05, 0) is 79.6 Å². The first-order valence-electron chi connectivity index (χ1n) is 12.3. The molecule has 208 valence electrons. The number of benzene rings is 3. The maximum atomic E-state index is 13.8. The molecule has 0 aromatic heterocycles. The predicted octanol–water partition coefficient (Wildman–Crippen LogP) is 4.74. The van der Waals surface area contributed by atoms with Crippen molar-refractivity contribution in [2.75, 3.05) is 24.5 Å². The molecule has 8 nitrogen and oxygen atoms in total. The molecule has 0 saturated carbocycles. The van der Waals surface area contributed by atoms with Crippen LogP contribution in [0.2, 0.25) is 0 Å². The summed E-state index contributed by atoms with van der Waals surface area (Å²) < 4.78 is 48.1. The van der Waals surface area contributed by atoms with E-state index in [0.29, 0.717) is 12.3 Å². The minimum Gasteiger partial charge on any atom is -0.497 e. The van der Waals surface area contributed by atoms with Gasteiger partial charge in [0.15, 0.2) is 0 Å². The van der Waals surface area contributed by atoms with E-state index in [0.717, 1.165) is 32.9 Å². The van der Waals surface area contributed by atoms with Crippen LogP contribution in [0.3, 0.4) is 0 Å². The summed E-state index contributed by atoms with van der Waals surface area (Å²) in [6, 6.07) is 16.9. The van der Waals surface area contributed by atoms with Gasteiger partial charge < -0.3 is 15.0 Å². The Morgan fingerprint density at radius 1 is 1.00 bits per heavy atom. The molecule has 11 heteroatoms. The van der Waals surface area contributed by atoms with Gasteiger partial charge in [0.05, 0.1) is 17.7 Å². The average Bonchev–Trinajstić information content (AvgIpc) is 2.94. The fourth-order valence-corrected chi connectivity index (χ4v) is 5.45. The van der Waals surface area contributed by atoms with Gasteiger partial charge in [0, 0.05) is 17.6 Å². The van der Waals surface area contributed by atoms with Gasteiger partial charge in [-0.15, -0.1) is 0 Å². The van der Waals surface area contributed by atoms with Crippen molar-refractivity contribution in [2.24, 2.45) is 0 Å². The standard InChI is InChI=1S/C28H31BrFN3O5S/c1-4-17-31-28(35)20(2)32(18-21-5-7-22(29)8-6-21)27(34)19-33(24-11-9-23(30)10-12-24)39(36,37)26-15-13-25(38-3)14-16-26/h5-16,20H,4,17-19H2,1-3H3,(H,31,35)/t20-/m0/s1. The number of sulfonamides is 1. The van der Waals surface area contributed by atoms with Gasteiger partial charge in [0.25, 0.3) is 10.0 Å². The smallest absolute Gasteiger partial charge is 0.264 e. The van der Waals surface area contributed by atoms with Crippen LogP contribution in [0.15, 0.2) is 82.2 Å². The molecule has 0 aliphatic heterocycles. The molecule has 3 rings (SSSR count). The summed E-state index contributed by atoms with van der Waals surface area (Å²) in [7, 11) is -2.79. The number of halogens is 2. The van der Waals surface area contributed by atoms with Crippen LogP contribution in [0.1, 0.15) is 25.8 Å². The molecule has 0 unspecified atom stereocenters. The highest BCUT2D eigenvalue weighted by Gasteiger charge is 2.32. The van der Waals surface area contributed by atoms with Crippen molar-refractivity contribution >= 4 is 43.5 Å². The molecule has 1 N–H and O–H groups in total. The SMILES string of the molecule is CCCNC(=O)[C@H](C)N(Cc1ccc(Br)cc1)C(=O)CN(c1ccc(F)cc1)S(=O)(=O)c1ccc(OC)cc1. The van der Waals surface area contributed by atoms with Crippen LogP contribution in [-0.4, -0.2) is 51.4 Å². The van der Waals surface area contributed by atoms with E-state index in [1.165, 1.54) is 48.4 Å². The van der Waals surface area contributed by atoms with E-state index in [2.05, 4.69) is 21.2 Å². The predicted molar refractivity (Wildman–Crippen MR) is 151 cm³/mol. The molecule has 0 saturated heterocycles. The third-order valence-corrected chi connectivity index (χ3v) is 8.34. The van der Waals surface area contributed by atoms with Gasteiger partial charge in [0.2, 0.25) is 11.8 Å². The zero-order valence-corrected chi connectivity index (χ0v) is 24.3. The molecule has 3 aromatic rings. The van der Waals surface area contributed by atoms with Gasteiger partial charge >= 0.3 is 0 Å². The highest BCUT2D eigenvalue weighted by atomic mass is 79.9. The van der Waals surface area contributed by atoms with E-state index >= 15 is 0 Å². The first-order valence-corrected chi connectivity index (χ1v) is 14.5. The monoisotopic (exact) mass is 619 g/mol. The van der Waals surface area contributed by atoms with Crippen LogP contribution >= 0.6 is 15.9 Å². The summed E-state index contributed by atoms with van der Waals surface area (Å²) >= 11 is 3.39. The van der Waals surface area contributed by atoms with E-state index < -0.39 is 34.3 Å². The van der Waals surface area contributed by atoms with Gasteiger partial charge in [0.1, 0.15) is 24.2 Å². The van der Waals surface area contributed by atoms with Gasteiger partial charge in [-0.25, -0.2) is 12.8 Å². The Kier molecular flexibility index (Phi) is 10.5. The van der Waals surface area contributed by atoms with Crippen molar-refractivity contribution < 1.29 is 27.1 Å². The number of methoxy groups -OCH3 is 1. The van der Waals surface area contributed by atoms with Gasteiger partial charge in [-0.2, -0.15) is 0 Å². The highest BCUT2D eigenvalue weighted by Crippen LogP contribution is 2.26. The zero-order chi connectivity index (χ0) is 28.6. The second-order valence-corrected chi connectivity index (χ2v) is 11.6. The van der Waals surface area contributed by atoms with Crippen molar-refractivity contribution in [1.82, 2.24) is 10.2 Å². The minimum atomic E-state index is -4.26. The lowest BCUT2D eigenvalue weighted by Crippen LogP contribution is -2.51. The molecule has 0 aliphatic carbocycles. The van der Waals surface area contributed by atoms with E-state index in [-0.39, 0.29) is 23.0 Å². The molecular weight excluding hydrogens is 589 g/mol. The maximum Gasteiger partial charge on any atom is 0.264 e. The number of anilines is 1. The molecule has 0 radical (unpaired) electrons. The Bertz CT molecular complexity index is 1370. The van der Waals surface area contributed by atoms with Crippen molar-refractivity contribution in [3.05, 3.63) is 88.6 Å². The molecule has 0 spiro atoms. The molecule has 2 amide bonds. The highest BCUT2D eigenvalue weighted by molar-refractivity contribution is 9.10. The van der Waals surface area contributed by atoms with E-state index in [1.54, 1.807) is 6.92 Å². The zero-order valence-electron chi connectivity index (χ0n) is 21.9. The van der Waals surface area contributed by atoms with Crippen LogP contribution in [-0.2, 0) is 26.2 Å². The number of nitrogens with one attached hydrogen (secondary N) is 1. The number of ether oxygens (including phenoxy) is 1. The number of carbonyl (C=O) groups is 2. The van der Waals surface area contributed by atoms with E-state index in [9.17, 15) is 22.4 Å². The molecule has 0 fully saturated rings. The number of nitrogens with zero attached hydrogens (tertiary/aromatic N) is 2. The molecule has 0 aliphatic rings. The Labute approximate surface area is 236 Å². The van der Waals surface area contributed by atoms with Gasteiger partial charge in [-0.3, -0.25) is 13.9 Å². The number of amides is 2. The number of hydrogen-bond acceptors (Lipinski definition) is 5. The normalized spacial score (nSPS) is 11.9. The van der Waals surface area contributed by atoms with Crippen LogP contribution in [0.4, 0.5) is 10.1 Å². The Hall–Kier alpha value is -3.44. The third-order valence-electron chi connectivity index (χ3n) is 6.02. The second kappa shape index (κ2) is 13.6. The summed E-state index contributed by atoms with van der Waals surface area (Å²) in [6.07, 6.45) is 0.720. The first-order chi connectivity index (χ1) is 18.6. The summed E-state index contributed by atoms with van der Waals surface area (Å²) in [4.78, 5) is 27.9. The first kappa shape index (κ1) is 30.1. The summed E-state index contributed by atoms with van der Waals surface area (Å²) in [5.74, 6) is -1.04. The number of hydrogen-bond donors (Lipinski definition) is 1. The van der Waals surface area contributed by atoms with Crippen LogP contribution < -0.4 is 14.4 Å². The Morgan fingerprint density at radius 3 is 2.18 bits per heavy atom. The lowest BCUT2D eigenvalue weighted by molar-refractivity contribution is -0.139. The number of rotatable bonds is 12. The van der Waals surface area contributed by atoms with Crippen molar-refractivity contribution in [1.29, 1.82) is 0 Å². The van der Waals surface area contributed by atoms with Gasteiger partial charge in [-0.1, -0.05) is 35.0 Å². The van der Waals surface area contributed by atoms with Crippen LogP contribution in [0.5, 0.6) is 5.75 Å². The number of carbonyl (C=O) groups excluding carboxylic acids is 2. The van der Waals surface area contributed by atoms with E-state index in [4.69, 9.17) is 4.74 Å². The molecule has 39 heavy (non-hydrogen) atoms. The summed E-state index contributed by atoms with van der Waals surface area (Å²) in [5, 5.41) is 2.79. The Balaban J connectivity index is 2.00. The second-order valence-electron chi connectivity index (χ2n) is 8.78. The molecule has 3 aromatic carbocycles. The quantitative estimate of drug-likeness (QED) is 0.316. The third kappa shape index (κ3) is 7.79. The molecule has 0 bridgehead atoms. The summed E-state index contributed by atoms with van der Waals surface area (Å²) in [6.45, 7) is 3.42. The topological polar surface area (TPSA) is 96.0 Å². The van der Waals surface area contributed by atoms with Crippen LogP contribution in [0.25, 0.3) is 0 Å². The maximum absolute atomic E-state index is 13.8. The Morgan fingerprint density at radius 2 is 1.62 bits per heavy atom. The average molecular weight is 621 g/mol. The molecular formula is C28H31BrFN3O5S.